The molecule has 1 amide bonds. The van der Waals surface area contributed by atoms with E-state index in [4.69, 9.17) is 9.26 Å². The molecule has 1 aliphatic rings. The minimum atomic E-state index is 0.0982. The number of nitrogens with one attached hydrogen (secondary N) is 2. The summed E-state index contributed by atoms with van der Waals surface area (Å²) >= 11 is 0. The summed E-state index contributed by atoms with van der Waals surface area (Å²) in [5.74, 6) is 2.47. The number of ether oxygens (including phenoxy) is 1. The van der Waals surface area contributed by atoms with Crippen molar-refractivity contribution in [3.05, 3.63) is 83.2 Å². The van der Waals surface area contributed by atoms with Gasteiger partial charge >= 0.3 is 0 Å². The van der Waals surface area contributed by atoms with Crippen molar-refractivity contribution >= 4 is 5.91 Å². The molecule has 0 aliphatic carbocycles. The average molecular weight is 477 g/mol. The first-order valence-corrected chi connectivity index (χ1v) is 12.4. The first-order chi connectivity index (χ1) is 17.1. The first-order valence-electron chi connectivity index (χ1n) is 12.4. The van der Waals surface area contributed by atoms with E-state index in [9.17, 15) is 4.79 Å². The van der Waals surface area contributed by atoms with Crippen LogP contribution in [-0.4, -0.2) is 43.2 Å². The average Bonchev–Trinajstić information content (AvgIpc) is 3.31. The molecule has 0 saturated carbocycles. The van der Waals surface area contributed by atoms with Crippen LogP contribution in [0.15, 0.2) is 65.2 Å². The van der Waals surface area contributed by atoms with Gasteiger partial charge in [-0.2, -0.15) is 0 Å². The molecule has 7 heteroatoms. The highest BCUT2D eigenvalue weighted by atomic mass is 16.5. The van der Waals surface area contributed by atoms with Gasteiger partial charge in [-0.3, -0.25) is 9.69 Å². The molecular formula is C28H36N4O3. The van der Waals surface area contributed by atoms with Crippen molar-refractivity contribution in [3.8, 4) is 5.75 Å². The summed E-state index contributed by atoms with van der Waals surface area (Å²) in [5, 5.41) is 10.9. The summed E-state index contributed by atoms with van der Waals surface area (Å²) in [6.45, 7) is 3.94. The van der Waals surface area contributed by atoms with E-state index in [0.717, 1.165) is 55.2 Å². The standard InChI is InChI=1S/C28H36N4O3/c1-32(19-22-6-4-3-5-7-22)20-27-16-25(31-35-27)14-24-18-29-13-12-23(24)15-28(33)30-17-21-8-10-26(34-2)11-9-21/h3-11,16,23-24,29H,12-15,17-20H2,1-2H3,(H,30,33)/t23-,24-/m0/s1. The third kappa shape index (κ3) is 7.67. The number of aromatic nitrogens is 1. The van der Waals surface area contributed by atoms with Crippen molar-refractivity contribution in [2.24, 2.45) is 11.8 Å². The fraction of sp³-hybridized carbons (Fsp3) is 0.429. The zero-order chi connectivity index (χ0) is 24.5. The van der Waals surface area contributed by atoms with E-state index in [1.54, 1.807) is 7.11 Å². The zero-order valence-electron chi connectivity index (χ0n) is 20.7. The number of hydrogen-bond donors (Lipinski definition) is 2. The van der Waals surface area contributed by atoms with E-state index in [1.807, 2.05) is 30.3 Å². The van der Waals surface area contributed by atoms with Crippen molar-refractivity contribution in [2.45, 2.75) is 38.9 Å². The Morgan fingerprint density at radius 2 is 1.91 bits per heavy atom. The van der Waals surface area contributed by atoms with Crippen molar-refractivity contribution in [1.29, 1.82) is 0 Å². The van der Waals surface area contributed by atoms with Gasteiger partial charge in [-0.15, -0.1) is 0 Å². The molecule has 0 radical (unpaired) electrons. The van der Waals surface area contributed by atoms with E-state index < -0.39 is 0 Å². The van der Waals surface area contributed by atoms with Crippen LogP contribution in [0.2, 0.25) is 0 Å². The second kappa shape index (κ2) is 12.5. The van der Waals surface area contributed by atoms with Crippen LogP contribution in [0.3, 0.4) is 0 Å². The van der Waals surface area contributed by atoms with Crippen molar-refractivity contribution in [2.75, 3.05) is 27.2 Å². The van der Waals surface area contributed by atoms with Gasteiger partial charge in [-0.05, 0) is 68.1 Å². The van der Waals surface area contributed by atoms with Gasteiger partial charge in [0.25, 0.3) is 0 Å². The summed E-state index contributed by atoms with van der Waals surface area (Å²) < 4.78 is 10.8. The Balaban J connectivity index is 1.26. The van der Waals surface area contributed by atoms with E-state index >= 15 is 0 Å². The van der Waals surface area contributed by atoms with Crippen LogP contribution in [0.5, 0.6) is 5.75 Å². The molecule has 0 bridgehead atoms. The van der Waals surface area contributed by atoms with Crippen LogP contribution in [0, 0.1) is 11.8 Å². The predicted molar refractivity (Wildman–Crippen MR) is 136 cm³/mol. The minimum Gasteiger partial charge on any atom is -0.497 e. The van der Waals surface area contributed by atoms with E-state index in [2.05, 4.69) is 58.1 Å². The smallest absolute Gasteiger partial charge is 0.220 e. The Hall–Kier alpha value is -3.16. The predicted octanol–water partition coefficient (Wildman–Crippen LogP) is 3.79. The normalized spacial score (nSPS) is 17.9. The fourth-order valence-corrected chi connectivity index (χ4v) is 4.75. The minimum absolute atomic E-state index is 0.0982. The molecule has 7 nitrogen and oxygen atoms in total. The Bertz CT molecular complexity index is 1050. The van der Waals surface area contributed by atoms with Crippen LogP contribution in [0.25, 0.3) is 0 Å². The number of methoxy groups -OCH3 is 1. The number of piperidine rings is 1. The van der Waals surface area contributed by atoms with Crippen LogP contribution >= 0.6 is 0 Å². The van der Waals surface area contributed by atoms with Gasteiger partial charge in [0.2, 0.25) is 5.91 Å². The lowest BCUT2D eigenvalue weighted by molar-refractivity contribution is -0.122. The molecule has 4 rings (SSSR count). The molecule has 1 saturated heterocycles. The molecule has 1 fully saturated rings. The summed E-state index contributed by atoms with van der Waals surface area (Å²) in [5.41, 5.74) is 3.30. The van der Waals surface area contributed by atoms with Crippen LogP contribution < -0.4 is 15.4 Å². The van der Waals surface area contributed by atoms with Crippen LogP contribution in [0.1, 0.15) is 35.4 Å². The third-order valence-corrected chi connectivity index (χ3v) is 6.66. The highest BCUT2D eigenvalue weighted by Crippen LogP contribution is 2.26. The van der Waals surface area contributed by atoms with Gasteiger partial charge in [0.15, 0.2) is 5.76 Å². The topological polar surface area (TPSA) is 79.6 Å². The molecule has 2 N–H and O–H groups in total. The number of hydrogen-bond acceptors (Lipinski definition) is 6. The van der Waals surface area contributed by atoms with Crippen molar-refractivity contribution in [1.82, 2.24) is 20.7 Å². The van der Waals surface area contributed by atoms with E-state index in [1.165, 1.54) is 5.56 Å². The Morgan fingerprint density at radius 1 is 1.11 bits per heavy atom. The summed E-state index contributed by atoms with van der Waals surface area (Å²) in [6, 6.07) is 20.3. The van der Waals surface area contributed by atoms with Gasteiger partial charge in [-0.25, -0.2) is 0 Å². The molecule has 2 aromatic carbocycles. The number of carbonyl (C=O) groups is 1. The van der Waals surface area contributed by atoms with E-state index in [-0.39, 0.29) is 5.91 Å². The van der Waals surface area contributed by atoms with Gasteiger partial charge in [0.05, 0.1) is 19.3 Å². The number of amides is 1. The fourth-order valence-electron chi connectivity index (χ4n) is 4.75. The maximum atomic E-state index is 12.7. The first kappa shape index (κ1) is 24.9. The Morgan fingerprint density at radius 3 is 2.69 bits per heavy atom. The number of nitrogens with zero attached hydrogens (tertiary/aromatic N) is 2. The molecule has 2 heterocycles. The van der Waals surface area contributed by atoms with Gasteiger partial charge in [-0.1, -0.05) is 47.6 Å². The van der Waals surface area contributed by atoms with Crippen molar-refractivity contribution in [3.63, 3.8) is 0 Å². The van der Waals surface area contributed by atoms with Crippen molar-refractivity contribution < 1.29 is 14.1 Å². The zero-order valence-corrected chi connectivity index (χ0v) is 20.7. The molecule has 2 atom stereocenters. The Labute approximate surface area is 207 Å². The van der Waals surface area contributed by atoms with Gasteiger partial charge < -0.3 is 19.9 Å². The number of benzene rings is 2. The van der Waals surface area contributed by atoms with Crippen LogP contribution in [0.4, 0.5) is 0 Å². The monoisotopic (exact) mass is 476 g/mol. The molecule has 1 aliphatic heterocycles. The lowest BCUT2D eigenvalue weighted by Gasteiger charge is -2.31. The summed E-state index contributed by atoms with van der Waals surface area (Å²) in [7, 11) is 3.73. The molecule has 1 aromatic heterocycles. The lowest BCUT2D eigenvalue weighted by Crippen LogP contribution is -2.40. The highest BCUT2D eigenvalue weighted by molar-refractivity contribution is 5.76. The maximum absolute atomic E-state index is 12.7. The van der Waals surface area contributed by atoms with Gasteiger partial charge in [0.1, 0.15) is 5.75 Å². The molecule has 0 spiro atoms. The number of carbonyl (C=O) groups excluding carboxylic acids is 1. The second-order valence-electron chi connectivity index (χ2n) is 9.49. The summed E-state index contributed by atoms with van der Waals surface area (Å²) in [6.07, 6.45) is 2.34. The van der Waals surface area contributed by atoms with Crippen LogP contribution in [-0.2, 0) is 30.8 Å². The Kier molecular flexibility index (Phi) is 8.92. The second-order valence-corrected chi connectivity index (χ2v) is 9.49. The third-order valence-electron chi connectivity index (χ3n) is 6.66. The molecule has 0 unspecified atom stereocenters. The summed E-state index contributed by atoms with van der Waals surface area (Å²) in [4.78, 5) is 14.9. The molecule has 3 aromatic rings. The van der Waals surface area contributed by atoms with E-state index in [0.29, 0.717) is 31.3 Å². The molecule has 186 valence electrons. The van der Waals surface area contributed by atoms with Gasteiger partial charge in [0, 0.05) is 25.6 Å². The number of rotatable bonds is 11. The highest BCUT2D eigenvalue weighted by Gasteiger charge is 2.28. The quantitative estimate of drug-likeness (QED) is 0.438. The maximum Gasteiger partial charge on any atom is 0.220 e. The molecule has 35 heavy (non-hydrogen) atoms. The largest absolute Gasteiger partial charge is 0.497 e. The SMILES string of the molecule is COc1ccc(CNC(=O)C[C@@H]2CCNC[C@@H]2Cc2cc(CN(C)Cc3ccccc3)on2)cc1. The molecular weight excluding hydrogens is 440 g/mol. The lowest BCUT2D eigenvalue weighted by atomic mass is 9.81.